The van der Waals surface area contributed by atoms with Gasteiger partial charge in [0.05, 0.1) is 0 Å². The molecule has 0 saturated heterocycles. The number of rotatable bonds is 1. The zero-order valence-corrected chi connectivity index (χ0v) is 7.74. The van der Waals surface area contributed by atoms with Crippen molar-refractivity contribution >= 4 is 51.9 Å². The van der Waals surface area contributed by atoms with E-state index in [0.717, 1.165) is 11.5 Å². The lowest BCUT2D eigenvalue weighted by Crippen LogP contribution is -2.07. The van der Waals surface area contributed by atoms with Gasteiger partial charge < -0.3 is 5.73 Å². The van der Waals surface area contributed by atoms with Crippen LogP contribution in [0.3, 0.4) is 0 Å². The minimum Gasteiger partial charge on any atom is -0.389 e. The van der Waals surface area contributed by atoms with Crippen molar-refractivity contribution in [3.63, 3.8) is 0 Å². The number of aromatic nitrogens is 1. The van der Waals surface area contributed by atoms with Gasteiger partial charge in [-0.3, -0.25) is 0 Å². The lowest BCUT2D eigenvalue weighted by molar-refractivity contribution is 1.58. The molecule has 0 radical (unpaired) electrons. The summed E-state index contributed by atoms with van der Waals surface area (Å²) < 4.78 is 3.75. The summed E-state index contributed by atoms with van der Waals surface area (Å²) in [5.41, 5.74) is 5.29. The van der Waals surface area contributed by atoms with E-state index in [9.17, 15) is 0 Å². The van der Waals surface area contributed by atoms with Crippen molar-refractivity contribution < 1.29 is 0 Å². The Kier molecular flexibility index (Phi) is 2.46. The quantitative estimate of drug-likeness (QED) is 0.726. The minimum atomic E-state index is 0.231. The van der Waals surface area contributed by atoms with Gasteiger partial charge in [-0.1, -0.05) is 35.4 Å². The van der Waals surface area contributed by atoms with Gasteiger partial charge in [-0.15, -0.1) is 0 Å². The van der Waals surface area contributed by atoms with Crippen molar-refractivity contribution in [2.75, 3.05) is 0 Å². The molecule has 0 aliphatic carbocycles. The van der Waals surface area contributed by atoms with Gasteiger partial charge in [-0.25, -0.2) is 0 Å². The maximum Gasteiger partial charge on any atom is 0.162 e. The van der Waals surface area contributed by atoms with E-state index in [1.807, 2.05) is 0 Å². The number of halogens is 2. The molecule has 0 fully saturated rings. The highest BCUT2D eigenvalue weighted by atomic mass is 35.5. The molecular weight excluding hydrogens is 211 g/mol. The summed E-state index contributed by atoms with van der Waals surface area (Å²) in [6, 6.07) is 0. The molecule has 1 rings (SSSR count). The molecule has 1 aromatic heterocycles. The molecule has 0 atom stereocenters. The summed E-state index contributed by atoms with van der Waals surface area (Å²) in [6.45, 7) is 0. The summed E-state index contributed by atoms with van der Waals surface area (Å²) in [4.78, 5) is 0.802. The van der Waals surface area contributed by atoms with Crippen molar-refractivity contribution in [1.82, 2.24) is 4.37 Å². The highest BCUT2D eigenvalue weighted by Crippen LogP contribution is 2.27. The Hall–Kier alpha value is 0.1000. The average molecular weight is 213 g/mol. The van der Waals surface area contributed by atoms with Crippen LogP contribution >= 0.6 is 47.0 Å². The van der Waals surface area contributed by atoms with E-state index in [1.54, 1.807) is 0 Å². The van der Waals surface area contributed by atoms with Gasteiger partial charge in [0.1, 0.15) is 14.9 Å². The second kappa shape index (κ2) is 3.00. The van der Waals surface area contributed by atoms with E-state index in [-0.39, 0.29) is 10.1 Å². The Morgan fingerprint density at radius 1 is 1.60 bits per heavy atom. The van der Waals surface area contributed by atoms with Gasteiger partial charge in [0, 0.05) is 0 Å². The molecule has 0 bridgehead atoms. The average Bonchev–Trinajstić information content (AvgIpc) is 2.14. The molecule has 10 heavy (non-hydrogen) atoms. The highest BCUT2D eigenvalue weighted by Gasteiger charge is 2.10. The summed E-state index contributed by atoms with van der Waals surface area (Å²) >= 11 is 17.0. The monoisotopic (exact) mass is 212 g/mol. The lowest BCUT2D eigenvalue weighted by Gasteiger charge is -1.88. The fourth-order valence-corrected chi connectivity index (χ4v) is 1.76. The fraction of sp³-hybridized carbons (Fsp3) is 0. The van der Waals surface area contributed by atoms with Crippen molar-refractivity contribution in [3.8, 4) is 0 Å². The second-order valence-corrected chi connectivity index (χ2v) is 3.43. The third kappa shape index (κ3) is 1.40. The predicted octanol–water partition coefficient (Wildman–Crippen LogP) is 2.08. The van der Waals surface area contributed by atoms with Crippen LogP contribution in [-0.2, 0) is 0 Å². The molecule has 0 saturated carbocycles. The maximum absolute atomic E-state index is 5.65. The minimum absolute atomic E-state index is 0.231. The van der Waals surface area contributed by atoms with Crippen LogP contribution in [0.1, 0.15) is 4.88 Å². The van der Waals surface area contributed by atoms with Gasteiger partial charge in [0.15, 0.2) is 5.15 Å². The molecule has 2 nitrogen and oxygen atoms in total. The Bertz CT molecular complexity index is 270. The van der Waals surface area contributed by atoms with Crippen molar-refractivity contribution in [2.24, 2.45) is 5.73 Å². The molecule has 0 spiro atoms. The van der Waals surface area contributed by atoms with E-state index in [1.165, 1.54) is 0 Å². The van der Waals surface area contributed by atoms with E-state index in [0.29, 0.717) is 9.90 Å². The van der Waals surface area contributed by atoms with E-state index >= 15 is 0 Å². The molecule has 0 aromatic carbocycles. The van der Waals surface area contributed by atoms with Crippen LogP contribution in [0.4, 0.5) is 0 Å². The largest absolute Gasteiger partial charge is 0.389 e. The smallest absolute Gasteiger partial charge is 0.162 e. The standard InChI is InChI=1S/C4H2Cl2N2S2/c5-1-2(4(7)9)10-8-3(1)6/h(H2,7,9). The molecule has 1 heterocycles. The third-order valence-electron chi connectivity index (χ3n) is 0.821. The Morgan fingerprint density at radius 2 is 2.20 bits per heavy atom. The molecule has 0 amide bonds. The number of hydrogen-bond acceptors (Lipinski definition) is 3. The normalized spacial score (nSPS) is 9.80. The molecule has 2 N–H and O–H groups in total. The van der Waals surface area contributed by atoms with Gasteiger partial charge in [0.2, 0.25) is 0 Å². The van der Waals surface area contributed by atoms with Crippen LogP contribution in [0.15, 0.2) is 0 Å². The van der Waals surface area contributed by atoms with Crippen LogP contribution in [0.2, 0.25) is 10.2 Å². The number of nitrogens with zero attached hydrogens (tertiary/aromatic N) is 1. The Labute approximate surface area is 77.1 Å². The van der Waals surface area contributed by atoms with Crippen LogP contribution in [-0.4, -0.2) is 9.36 Å². The fourth-order valence-electron chi connectivity index (χ4n) is 0.413. The van der Waals surface area contributed by atoms with Crippen molar-refractivity contribution in [3.05, 3.63) is 15.1 Å². The first-order valence-electron chi connectivity index (χ1n) is 2.23. The van der Waals surface area contributed by atoms with Crippen LogP contribution < -0.4 is 5.73 Å². The molecule has 0 aliphatic heterocycles. The predicted molar refractivity (Wildman–Crippen MR) is 48.0 cm³/mol. The second-order valence-electron chi connectivity index (χ2n) is 1.48. The zero-order chi connectivity index (χ0) is 7.72. The Balaban J connectivity index is 3.17. The van der Waals surface area contributed by atoms with Crippen molar-refractivity contribution in [1.29, 1.82) is 0 Å². The van der Waals surface area contributed by atoms with Gasteiger partial charge in [-0.2, -0.15) is 4.37 Å². The van der Waals surface area contributed by atoms with Crippen LogP contribution in [0.25, 0.3) is 0 Å². The summed E-state index contributed by atoms with van der Waals surface area (Å²) in [5, 5.41) is 0.605. The first-order chi connectivity index (χ1) is 4.63. The summed E-state index contributed by atoms with van der Waals surface area (Å²) in [7, 11) is 0. The third-order valence-corrected chi connectivity index (χ3v) is 2.99. The first kappa shape index (κ1) is 8.20. The number of hydrogen-bond donors (Lipinski definition) is 1. The van der Waals surface area contributed by atoms with E-state index < -0.39 is 0 Å². The van der Waals surface area contributed by atoms with E-state index in [4.69, 9.17) is 28.9 Å². The number of nitrogens with two attached hydrogens (primary N) is 1. The number of thiocarbonyl (C=S) groups is 1. The molecule has 0 unspecified atom stereocenters. The first-order valence-corrected chi connectivity index (χ1v) is 4.17. The van der Waals surface area contributed by atoms with Crippen LogP contribution in [0, 0.1) is 0 Å². The van der Waals surface area contributed by atoms with Gasteiger partial charge >= 0.3 is 0 Å². The van der Waals surface area contributed by atoms with Gasteiger partial charge in [-0.05, 0) is 11.5 Å². The van der Waals surface area contributed by atoms with Crippen molar-refractivity contribution in [2.45, 2.75) is 0 Å². The summed E-state index contributed by atoms with van der Waals surface area (Å²) in [5.74, 6) is 0. The Morgan fingerprint density at radius 3 is 2.40 bits per heavy atom. The summed E-state index contributed by atoms with van der Waals surface area (Å²) in [6.07, 6.45) is 0. The lowest BCUT2D eigenvalue weighted by atomic mass is 10.5. The SMILES string of the molecule is NC(=S)c1snc(Cl)c1Cl. The maximum atomic E-state index is 5.65. The molecule has 0 aliphatic rings. The molecule has 1 aromatic rings. The molecule has 6 heteroatoms. The van der Waals surface area contributed by atoms with Crippen LogP contribution in [0.5, 0.6) is 0 Å². The van der Waals surface area contributed by atoms with Gasteiger partial charge in [0.25, 0.3) is 0 Å². The van der Waals surface area contributed by atoms with E-state index in [2.05, 4.69) is 16.6 Å². The molecular formula is C4H2Cl2N2S2. The zero-order valence-electron chi connectivity index (χ0n) is 4.60. The highest BCUT2D eigenvalue weighted by molar-refractivity contribution is 7.81. The topological polar surface area (TPSA) is 38.9 Å². The molecule has 54 valence electrons.